The van der Waals surface area contributed by atoms with E-state index in [0.717, 1.165) is 19.3 Å². The van der Waals surface area contributed by atoms with Crippen molar-refractivity contribution < 1.29 is 13.2 Å². The highest BCUT2D eigenvalue weighted by molar-refractivity contribution is 7.89. The second kappa shape index (κ2) is 6.64. The number of nitrogens with one attached hydrogen (secondary N) is 2. The first-order valence-electron chi connectivity index (χ1n) is 7.65. The highest BCUT2D eigenvalue weighted by atomic mass is 32.2. The molecule has 1 aromatic heterocycles. The van der Waals surface area contributed by atoms with Crippen LogP contribution in [0, 0.1) is 11.3 Å². The molecule has 2 rings (SSSR count). The number of aromatic amines is 1. The number of ether oxygens (including phenoxy) is 1. The van der Waals surface area contributed by atoms with Gasteiger partial charge in [0, 0.05) is 19.6 Å². The summed E-state index contributed by atoms with van der Waals surface area (Å²) in [5, 5.41) is 6.27. The molecule has 8 heteroatoms. The predicted molar refractivity (Wildman–Crippen MR) is 82.9 cm³/mol. The Balaban J connectivity index is 1.98. The average molecular weight is 330 g/mol. The predicted octanol–water partition coefficient (Wildman–Crippen LogP) is 1.49. The maximum atomic E-state index is 12.3. The zero-order valence-electron chi connectivity index (χ0n) is 13.7. The molecular formula is C14H26N4O3S. The molecule has 0 spiro atoms. The highest BCUT2D eigenvalue weighted by Gasteiger charge is 2.35. The first kappa shape index (κ1) is 17.4. The third-order valence-corrected chi connectivity index (χ3v) is 5.58. The van der Waals surface area contributed by atoms with Crippen molar-refractivity contribution in [1.29, 1.82) is 0 Å². The number of aromatic nitrogens is 3. The summed E-state index contributed by atoms with van der Waals surface area (Å²) in [5.74, 6) is 1.05. The molecule has 0 aliphatic heterocycles. The van der Waals surface area contributed by atoms with Gasteiger partial charge in [0.05, 0.1) is 6.61 Å². The zero-order chi connectivity index (χ0) is 16.4. The number of H-pyrrole nitrogens is 1. The molecule has 1 aromatic rings. The zero-order valence-corrected chi connectivity index (χ0v) is 14.5. The molecule has 126 valence electrons. The van der Waals surface area contributed by atoms with Gasteiger partial charge in [0.25, 0.3) is 15.2 Å². The fourth-order valence-corrected chi connectivity index (χ4v) is 4.01. The summed E-state index contributed by atoms with van der Waals surface area (Å²) in [4.78, 5) is 4.03. The Hall–Kier alpha value is -0.990. The van der Waals surface area contributed by atoms with Crippen LogP contribution in [-0.2, 0) is 21.2 Å². The minimum Gasteiger partial charge on any atom is -0.384 e. The van der Waals surface area contributed by atoms with Gasteiger partial charge in [-0.25, -0.2) is 18.1 Å². The fraction of sp³-hybridized carbons (Fsp3) is 0.857. The summed E-state index contributed by atoms with van der Waals surface area (Å²) in [6.45, 7) is 7.07. The molecule has 1 heterocycles. The van der Waals surface area contributed by atoms with Crippen molar-refractivity contribution in [1.82, 2.24) is 19.9 Å². The van der Waals surface area contributed by atoms with Gasteiger partial charge in [0.1, 0.15) is 5.82 Å². The molecule has 7 nitrogen and oxygen atoms in total. The molecule has 1 fully saturated rings. The summed E-state index contributed by atoms with van der Waals surface area (Å²) >= 11 is 0. The van der Waals surface area contributed by atoms with E-state index in [2.05, 4.69) is 40.7 Å². The lowest BCUT2D eigenvalue weighted by atomic mass is 9.80. The quantitative estimate of drug-likeness (QED) is 0.823. The Morgan fingerprint density at radius 3 is 2.68 bits per heavy atom. The minimum absolute atomic E-state index is 0.0323. The molecule has 1 aliphatic carbocycles. The number of hydrogen-bond donors (Lipinski definition) is 2. The Morgan fingerprint density at radius 2 is 2.09 bits per heavy atom. The van der Waals surface area contributed by atoms with Crippen LogP contribution >= 0.6 is 0 Å². The standard InChI is InChI=1S/C14H26N4O3S/c1-14(2,3)10-5-6-11(9-10)18-22(19,20)13-15-12(16-17-13)7-8-21-4/h10-11,18H,5-9H2,1-4H3,(H,15,16,17). The summed E-state index contributed by atoms with van der Waals surface area (Å²) in [7, 11) is -2.08. The highest BCUT2D eigenvalue weighted by Crippen LogP contribution is 2.39. The van der Waals surface area contributed by atoms with Crippen LogP contribution in [-0.4, -0.2) is 43.4 Å². The molecule has 0 radical (unpaired) electrons. The summed E-state index contributed by atoms with van der Waals surface area (Å²) in [6.07, 6.45) is 3.28. The van der Waals surface area contributed by atoms with Crippen LogP contribution in [0.4, 0.5) is 0 Å². The van der Waals surface area contributed by atoms with Gasteiger partial charge >= 0.3 is 0 Å². The molecule has 1 aliphatic rings. The molecule has 2 atom stereocenters. The van der Waals surface area contributed by atoms with Crippen LogP contribution in [0.3, 0.4) is 0 Å². The lowest BCUT2D eigenvalue weighted by Crippen LogP contribution is -2.34. The largest absolute Gasteiger partial charge is 0.384 e. The van der Waals surface area contributed by atoms with Crippen LogP contribution in [0.15, 0.2) is 5.16 Å². The molecule has 2 unspecified atom stereocenters. The van der Waals surface area contributed by atoms with E-state index in [-0.39, 0.29) is 16.6 Å². The van der Waals surface area contributed by atoms with E-state index in [0.29, 0.717) is 24.8 Å². The molecular weight excluding hydrogens is 304 g/mol. The van der Waals surface area contributed by atoms with E-state index < -0.39 is 10.0 Å². The molecule has 22 heavy (non-hydrogen) atoms. The van der Waals surface area contributed by atoms with Gasteiger partial charge in [-0.2, -0.15) is 0 Å². The van der Waals surface area contributed by atoms with Gasteiger partial charge in [0.15, 0.2) is 0 Å². The third kappa shape index (κ3) is 4.27. The minimum atomic E-state index is -3.66. The van der Waals surface area contributed by atoms with Crippen molar-refractivity contribution in [3.05, 3.63) is 5.82 Å². The van der Waals surface area contributed by atoms with Gasteiger partial charge in [-0.15, -0.1) is 5.10 Å². The number of rotatable bonds is 6. The van der Waals surface area contributed by atoms with Crippen LogP contribution in [0.2, 0.25) is 0 Å². The molecule has 0 saturated heterocycles. The topological polar surface area (TPSA) is 97.0 Å². The lowest BCUT2D eigenvalue weighted by molar-refractivity contribution is 0.200. The van der Waals surface area contributed by atoms with E-state index in [1.807, 2.05) is 0 Å². The van der Waals surface area contributed by atoms with E-state index in [4.69, 9.17) is 4.74 Å². The van der Waals surface area contributed by atoms with Crippen molar-refractivity contribution >= 4 is 10.0 Å². The Kier molecular flexibility index (Phi) is 5.24. The SMILES string of the molecule is COCCc1nc(S(=O)(=O)NC2CCC(C(C)(C)C)C2)n[nH]1. The van der Waals surface area contributed by atoms with E-state index in [9.17, 15) is 8.42 Å². The van der Waals surface area contributed by atoms with Gasteiger partial charge in [-0.3, -0.25) is 5.10 Å². The van der Waals surface area contributed by atoms with E-state index in [1.165, 1.54) is 0 Å². The number of nitrogens with zero attached hydrogens (tertiary/aromatic N) is 2. The summed E-state index contributed by atoms with van der Waals surface area (Å²) in [6, 6.07) is -0.0323. The summed E-state index contributed by atoms with van der Waals surface area (Å²) in [5.41, 5.74) is 0.206. The molecule has 0 bridgehead atoms. The van der Waals surface area contributed by atoms with Crippen LogP contribution in [0.25, 0.3) is 0 Å². The number of methoxy groups -OCH3 is 1. The van der Waals surface area contributed by atoms with Crippen molar-refractivity contribution in [3.8, 4) is 0 Å². The smallest absolute Gasteiger partial charge is 0.282 e. The van der Waals surface area contributed by atoms with Crippen LogP contribution in [0.1, 0.15) is 45.9 Å². The number of hydrogen-bond acceptors (Lipinski definition) is 5. The van der Waals surface area contributed by atoms with E-state index in [1.54, 1.807) is 7.11 Å². The van der Waals surface area contributed by atoms with Crippen LogP contribution in [0.5, 0.6) is 0 Å². The molecule has 0 aromatic carbocycles. The van der Waals surface area contributed by atoms with Gasteiger partial charge in [-0.05, 0) is 30.6 Å². The Morgan fingerprint density at radius 1 is 1.36 bits per heavy atom. The van der Waals surface area contributed by atoms with Crippen molar-refractivity contribution in [3.63, 3.8) is 0 Å². The normalized spacial score (nSPS) is 23.1. The van der Waals surface area contributed by atoms with Gasteiger partial charge in [-0.1, -0.05) is 20.8 Å². The fourth-order valence-electron chi connectivity index (χ4n) is 2.86. The van der Waals surface area contributed by atoms with Gasteiger partial charge < -0.3 is 4.74 Å². The van der Waals surface area contributed by atoms with Crippen molar-refractivity contribution in [2.45, 2.75) is 57.7 Å². The Bertz CT molecular complexity index is 591. The molecule has 1 saturated carbocycles. The van der Waals surface area contributed by atoms with Crippen LogP contribution < -0.4 is 4.72 Å². The average Bonchev–Trinajstić information content (AvgIpc) is 3.04. The monoisotopic (exact) mass is 330 g/mol. The second-order valence-corrected chi connectivity index (χ2v) is 8.61. The third-order valence-electron chi connectivity index (χ3n) is 4.27. The number of sulfonamides is 1. The molecule has 0 amide bonds. The van der Waals surface area contributed by atoms with Gasteiger partial charge in [0.2, 0.25) is 0 Å². The van der Waals surface area contributed by atoms with Crippen molar-refractivity contribution in [2.24, 2.45) is 11.3 Å². The lowest BCUT2D eigenvalue weighted by Gasteiger charge is -2.26. The van der Waals surface area contributed by atoms with Crippen molar-refractivity contribution in [2.75, 3.05) is 13.7 Å². The maximum absolute atomic E-state index is 12.3. The summed E-state index contributed by atoms with van der Waals surface area (Å²) < 4.78 is 32.4. The maximum Gasteiger partial charge on any atom is 0.282 e. The Labute approximate surface area is 132 Å². The second-order valence-electron chi connectivity index (χ2n) is 7.00. The first-order chi connectivity index (χ1) is 10.2. The van der Waals surface area contributed by atoms with E-state index >= 15 is 0 Å². The molecule has 2 N–H and O–H groups in total. The first-order valence-corrected chi connectivity index (χ1v) is 9.13.